The lowest BCUT2D eigenvalue weighted by atomic mass is 10.1. The molecule has 0 radical (unpaired) electrons. The van der Waals surface area contributed by atoms with Crippen LogP contribution in [0.25, 0.3) is 10.9 Å². The van der Waals surface area contributed by atoms with E-state index >= 15 is 0 Å². The summed E-state index contributed by atoms with van der Waals surface area (Å²) < 4.78 is 43.6. The second-order valence-corrected chi connectivity index (χ2v) is 7.94. The number of amides is 1. The minimum atomic E-state index is -1.38. The smallest absolute Gasteiger partial charge is 0.329 e. The van der Waals surface area contributed by atoms with E-state index in [-0.39, 0.29) is 22.9 Å². The fraction of sp³-hybridized carbons (Fsp3) is 0.217. The molecule has 0 aliphatic rings. The average Bonchev–Trinajstić information content (AvgIpc) is 3.18. The van der Waals surface area contributed by atoms with Crippen molar-refractivity contribution < 1.29 is 18.0 Å². The number of carbonyl (C=O) groups is 1. The molecule has 2 aromatic heterocycles. The molecule has 11 heteroatoms. The predicted octanol–water partition coefficient (Wildman–Crippen LogP) is 2.50. The summed E-state index contributed by atoms with van der Waals surface area (Å²) in [5, 5.41) is 2.46. The van der Waals surface area contributed by atoms with Gasteiger partial charge in [0.2, 0.25) is 5.91 Å². The van der Waals surface area contributed by atoms with Crippen molar-refractivity contribution in [3.63, 3.8) is 0 Å². The first-order valence-corrected chi connectivity index (χ1v) is 10.3. The van der Waals surface area contributed by atoms with Crippen LogP contribution in [0.3, 0.4) is 0 Å². The molecule has 2 heterocycles. The van der Waals surface area contributed by atoms with Crippen LogP contribution in [0, 0.1) is 17.5 Å². The van der Waals surface area contributed by atoms with Gasteiger partial charge < -0.3 is 14.9 Å². The maximum absolute atomic E-state index is 14.2. The predicted molar refractivity (Wildman–Crippen MR) is 118 cm³/mol. The van der Waals surface area contributed by atoms with E-state index in [2.05, 4.69) is 15.3 Å². The molecule has 0 bridgehead atoms. The molecular formula is C23H20F3N5O3. The largest absolute Gasteiger partial charge is 0.348 e. The number of rotatable bonds is 6. The van der Waals surface area contributed by atoms with E-state index in [0.717, 1.165) is 18.2 Å². The zero-order valence-electron chi connectivity index (χ0n) is 18.2. The van der Waals surface area contributed by atoms with Gasteiger partial charge in [-0.1, -0.05) is 6.07 Å². The Morgan fingerprint density at radius 2 is 1.82 bits per heavy atom. The number of nitrogens with zero attached hydrogens (tertiary/aromatic N) is 3. The van der Waals surface area contributed by atoms with Crippen LogP contribution in [0.4, 0.5) is 13.2 Å². The first-order valence-electron chi connectivity index (χ1n) is 10.3. The van der Waals surface area contributed by atoms with Crippen molar-refractivity contribution in [2.45, 2.75) is 25.4 Å². The summed E-state index contributed by atoms with van der Waals surface area (Å²) in [6.45, 7) is 1.48. The Morgan fingerprint density at radius 3 is 2.50 bits per heavy atom. The number of aromatic nitrogens is 4. The molecule has 2 aromatic carbocycles. The molecule has 2 atom stereocenters. The van der Waals surface area contributed by atoms with Gasteiger partial charge in [0.15, 0.2) is 0 Å². The zero-order valence-corrected chi connectivity index (χ0v) is 18.2. The second kappa shape index (κ2) is 9.00. The van der Waals surface area contributed by atoms with Crippen molar-refractivity contribution in [3.05, 3.63) is 98.5 Å². The van der Waals surface area contributed by atoms with E-state index in [0.29, 0.717) is 16.3 Å². The first-order chi connectivity index (χ1) is 16.1. The number of imidazole rings is 1. The summed E-state index contributed by atoms with van der Waals surface area (Å²) >= 11 is 0. The maximum Gasteiger partial charge on any atom is 0.329 e. The standard InChI is InChI=1S/C23H20F3N5O3/c1-12(16-5-3-14(25)8-18(16)26)28-21(32)20(9-15-10-30(2)11-27-15)31-22(33)17-7-13(24)4-6-19(17)29-23(31)34/h3-8,10-12,20H,9H2,1-2H3,(H,28,32)(H,29,34)/t12-,20+/m1/s1. The third-order valence-corrected chi connectivity index (χ3v) is 5.45. The topological polar surface area (TPSA) is 102 Å². The van der Waals surface area contributed by atoms with E-state index in [1.165, 1.54) is 25.4 Å². The van der Waals surface area contributed by atoms with Crippen LogP contribution >= 0.6 is 0 Å². The Labute approximate surface area is 190 Å². The Morgan fingerprint density at radius 1 is 1.12 bits per heavy atom. The Hall–Kier alpha value is -4.15. The number of fused-ring (bicyclic) bond motifs is 1. The number of aryl methyl sites for hydroxylation is 1. The molecule has 0 spiro atoms. The minimum Gasteiger partial charge on any atom is -0.348 e. The quantitative estimate of drug-likeness (QED) is 0.451. The van der Waals surface area contributed by atoms with Crippen LogP contribution in [0.2, 0.25) is 0 Å². The summed E-state index contributed by atoms with van der Waals surface area (Å²) in [6.07, 6.45) is 2.96. The summed E-state index contributed by atoms with van der Waals surface area (Å²) in [5.41, 5.74) is -1.19. The van der Waals surface area contributed by atoms with Crippen molar-refractivity contribution in [1.82, 2.24) is 24.4 Å². The number of H-pyrrole nitrogens is 1. The third kappa shape index (κ3) is 4.49. The molecule has 34 heavy (non-hydrogen) atoms. The van der Waals surface area contributed by atoms with Gasteiger partial charge in [0.1, 0.15) is 23.5 Å². The van der Waals surface area contributed by atoms with E-state index in [4.69, 9.17) is 0 Å². The lowest BCUT2D eigenvalue weighted by Crippen LogP contribution is -2.46. The highest BCUT2D eigenvalue weighted by Gasteiger charge is 2.28. The van der Waals surface area contributed by atoms with Crippen molar-refractivity contribution in [3.8, 4) is 0 Å². The van der Waals surface area contributed by atoms with Crippen LogP contribution < -0.4 is 16.6 Å². The van der Waals surface area contributed by atoms with Crippen LogP contribution in [0.5, 0.6) is 0 Å². The fourth-order valence-corrected chi connectivity index (χ4v) is 3.79. The first kappa shape index (κ1) is 23.0. The van der Waals surface area contributed by atoms with E-state index in [1.54, 1.807) is 17.8 Å². The fourth-order valence-electron chi connectivity index (χ4n) is 3.79. The van der Waals surface area contributed by atoms with E-state index in [9.17, 15) is 27.6 Å². The maximum atomic E-state index is 14.2. The average molecular weight is 471 g/mol. The third-order valence-electron chi connectivity index (χ3n) is 5.45. The Bertz CT molecular complexity index is 1510. The highest BCUT2D eigenvalue weighted by atomic mass is 19.1. The molecule has 2 N–H and O–H groups in total. The summed E-state index contributed by atoms with van der Waals surface area (Å²) in [4.78, 5) is 45.9. The number of carbonyl (C=O) groups excluding carboxylic acids is 1. The number of hydrogen-bond donors (Lipinski definition) is 2. The van der Waals surface area contributed by atoms with E-state index in [1.807, 2.05) is 0 Å². The molecule has 0 saturated carbocycles. The van der Waals surface area contributed by atoms with Gasteiger partial charge in [0.05, 0.1) is 29.0 Å². The Kier molecular flexibility index (Phi) is 6.10. The number of nitrogens with one attached hydrogen (secondary N) is 2. The van der Waals surface area contributed by atoms with Crippen LogP contribution in [0.1, 0.15) is 30.3 Å². The van der Waals surface area contributed by atoms with E-state index < -0.39 is 46.7 Å². The molecular weight excluding hydrogens is 451 g/mol. The number of benzene rings is 2. The molecule has 176 valence electrons. The van der Waals surface area contributed by atoms with Crippen molar-refractivity contribution in [1.29, 1.82) is 0 Å². The molecule has 0 aliphatic carbocycles. The summed E-state index contributed by atoms with van der Waals surface area (Å²) in [6, 6.07) is 3.97. The van der Waals surface area contributed by atoms with Crippen LogP contribution in [0.15, 0.2) is 58.5 Å². The van der Waals surface area contributed by atoms with Gasteiger partial charge in [0, 0.05) is 31.3 Å². The monoisotopic (exact) mass is 471 g/mol. The van der Waals surface area contributed by atoms with Gasteiger partial charge in [-0.2, -0.15) is 0 Å². The lowest BCUT2D eigenvalue weighted by Gasteiger charge is -2.22. The summed E-state index contributed by atoms with van der Waals surface area (Å²) in [5.74, 6) is -3.08. The van der Waals surface area contributed by atoms with Crippen LogP contribution in [-0.2, 0) is 18.3 Å². The van der Waals surface area contributed by atoms with Gasteiger partial charge >= 0.3 is 5.69 Å². The molecule has 0 unspecified atom stereocenters. The highest BCUT2D eigenvalue weighted by Crippen LogP contribution is 2.20. The summed E-state index contributed by atoms with van der Waals surface area (Å²) in [7, 11) is 1.71. The molecule has 0 saturated heterocycles. The van der Waals surface area contributed by atoms with Crippen molar-refractivity contribution in [2.75, 3.05) is 0 Å². The number of halogens is 3. The van der Waals surface area contributed by atoms with Gasteiger partial charge in [-0.3, -0.25) is 9.59 Å². The molecule has 1 amide bonds. The van der Waals surface area contributed by atoms with Gasteiger partial charge in [-0.25, -0.2) is 27.5 Å². The SMILES string of the molecule is C[C@@H](NC(=O)[C@H](Cc1cn(C)cn1)n1c(=O)[nH]c2ccc(F)cc2c1=O)c1ccc(F)cc1F. The highest BCUT2D eigenvalue weighted by molar-refractivity contribution is 5.82. The molecule has 8 nitrogen and oxygen atoms in total. The second-order valence-electron chi connectivity index (χ2n) is 7.94. The minimum absolute atomic E-state index is 0.0215. The molecule has 4 aromatic rings. The normalized spacial score (nSPS) is 13.1. The van der Waals surface area contributed by atoms with Crippen molar-refractivity contribution in [2.24, 2.45) is 7.05 Å². The van der Waals surface area contributed by atoms with Gasteiger partial charge in [0.25, 0.3) is 5.56 Å². The molecule has 0 aliphatic heterocycles. The lowest BCUT2D eigenvalue weighted by molar-refractivity contribution is -0.125. The Balaban J connectivity index is 1.77. The van der Waals surface area contributed by atoms with Gasteiger partial charge in [-0.05, 0) is 31.2 Å². The van der Waals surface area contributed by atoms with Crippen molar-refractivity contribution >= 4 is 16.8 Å². The zero-order chi connectivity index (χ0) is 24.6. The molecule has 0 fully saturated rings. The number of hydrogen-bond acceptors (Lipinski definition) is 4. The molecule has 4 rings (SSSR count). The van der Waals surface area contributed by atoms with Crippen LogP contribution in [-0.4, -0.2) is 25.0 Å². The number of aromatic amines is 1. The van der Waals surface area contributed by atoms with Gasteiger partial charge in [-0.15, -0.1) is 0 Å².